The average molecular weight is 315 g/mol. The van der Waals surface area contributed by atoms with E-state index in [1.165, 1.54) is 29.7 Å². The van der Waals surface area contributed by atoms with Crippen molar-refractivity contribution in [2.75, 3.05) is 0 Å². The maximum atomic E-state index is 11.6. The number of nitrogens with one attached hydrogen (secondary N) is 1. The van der Waals surface area contributed by atoms with Crippen molar-refractivity contribution in [3.8, 4) is 0 Å². The molecule has 0 saturated heterocycles. The number of thiophene rings is 1. The number of benzene rings is 1. The minimum absolute atomic E-state index is 0.0221. The number of nitro benzene ring substituents is 1. The number of allylic oxidation sites excluding steroid dienone is 1. The number of nitro groups is 1. The predicted molar refractivity (Wildman–Crippen MR) is 86.8 cm³/mol. The molecule has 7 heteroatoms. The van der Waals surface area contributed by atoms with Crippen molar-refractivity contribution < 1.29 is 9.72 Å². The van der Waals surface area contributed by atoms with Crippen molar-refractivity contribution in [1.29, 1.82) is 0 Å². The van der Waals surface area contributed by atoms with Crippen LogP contribution in [-0.4, -0.2) is 17.0 Å². The summed E-state index contributed by atoms with van der Waals surface area (Å²) in [5.41, 5.74) is 2.89. The quantitative estimate of drug-likeness (QED) is 0.505. The number of hydrogen-bond donors (Lipinski definition) is 1. The highest BCUT2D eigenvalue weighted by Gasteiger charge is 2.08. The summed E-state index contributed by atoms with van der Waals surface area (Å²) in [6.07, 6.45) is 4.76. The summed E-state index contributed by atoms with van der Waals surface area (Å²) in [7, 11) is 0. The Hall–Kier alpha value is -2.80. The van der Waals surface area contributed by atoms with Crippen LogP contribution in [0.3, 0.4) is 0 Å². The number of hydrazone groups is 1. The number of hydrogen-bond acceptors (Lipinski definition) is 5. The van der Waals surface area contributed by atoms with Gasteiger partial charge in [-0.05, 0) is 29.7 Å². The van der Waals surface area contributed by atoms with E-state index in [4.69, 9.17) is 0 Å². The SMILES string of the molecule is O=C(Cc1cccs1)NN=CC=Cc1ccccc1[N+](=O)[O-]. The lowest BCUT2D eigenvalue weighted by atomic mass is 10.2. The van der Waals surface area contributed by atoms with Crippen LogP contribution in [0.1, 0.15) is 10.4 Å². The second kappa shape index (κ2) is 7.84. The summed E-state index contributed by atoms with van der Waals surface area (Å²) in [6, 6.07) is 10.1. The minimum Gasteiger partial charge on any atom is -0.273 e. The van der Waals surface area contributed by atoms with Gasteiger partial charge in [0.05, 0.1) is 16.9 Å². The molecule has 22 heavy (non-hydrogen) atoms. The molecule has 1 N–H and O–H groups in total. The molecule has 1 aromatic heterocycles. The van der Waals surface area contributed by atoms with Gasteiger partial charge in [-0.3, -0.25) is 14.9 Å². The van der Waals surface area contributed by atoms with Crippen molar-refractivity contribution in [3.63, 3.8) is 0 Å². The lowest BCUT2D eigenvalue weighted by molar-refractivity contribution is -0.385. The maximum Gasteiger partial charge on any atom is 0.276 e. The smallest absolute Gasteiger partial charge is 0.273 e. The maximum absolute atomic E-state index is 11.6. The third-order valence-electron chi connectivity index (χ3n) is 2.67. The van der Waals surface area contributed by atoms with Crippen LogP contribution in [0.5, 0.6) is 0 Å². The van der Waals surface area contributed by atoms with Crippen molar-refractivity contribution in [2.24, 2.45) is 5.10 Å². The largest absolute Gasteiger partial charge is 0.276 e. The third-order valence-corrected chi connectivity index (χ3v) is 3.55. The van der Waals surface area contributed by atoms with E-state index in [2.05, 4.69) is 10.5 Å². The first-order chi connectivity index (χ1) is 10.7. The number of carbonyl (C=O) groups is 1. The van der Waals surface area contributed by atoms with Gasteiger partial charge in [0.2, 0.25) is 5.91 Å². The molecular formula is C15H13N3O3S. The molecule has 0 aliphatic rings. The van der Waals surface area contributed by atoms with Gasteiger partial charge < -0.3 is 0 Å². The predicted octanol–water partition coefficient (Wildman–Crippen LogP) is 3.01. The first-order valence-electron chi connectivity index (χ1n) is 6.41. The Morgan fingerprint density at radius 3 is 2.86 bits per heavy atom. The Balaban J connectivity index is 1.87. The molecule has 0 saturated carbocycles. The molecule has 0 bridgehead atoms. The van der Waals surface area contributed by atoms with E-state index in [1.807, 2.05) is 17.5 Å². The fraction of sp³-hybridized carbons (Fsp3) is 0.0667. The first kappa shape index (κ1) is 15.6. The van der Waals surface area contributed by atoms with Gasteiger partial charge in [-0.25, -0.2) is 5.43 Å². The second-order valence-corrected chi connectivity index (χ2v) is 5.28. The number of carbonyl (C=O) groups excluding carboxylic acids is 1. The molecule has 0 fully saturated rings. The summed E-state index contributed by atoms with van der Waals surface area (Å²) in [5, 5.41) is 16.5. The molecule has 0 atom stereocenters. The summed E-state index contributed by atoms with van der Waals surface area (Å²) >= 11 is 1.51. The Kier molecular flexibility index (Phi) is 5.56. The van der Waals surface area contributed by atoms with Gasteiger partial charge in [-0.1, -0.05) is 18.2 Å². The summed E-state index contributed by atoms with van der Waals surface area (Å²) in [4.78, 5) is 22.9. The monoisotopic (exact) mass is 315 g/mol. The Labute approximate surface area is 130 Å². The van der Waals surface area contributed by atoms with Crippen LogP contribution in [0.4, 0.5) is 5.69 Å². The standard InChI is InChI=1S/C15H13N3O3S/c19-15(11-13-7-4-10-22-13)17-16-9-3-6-12-5-1-2-8-14(12)18(20)21/h1-10H,11H2,(H,17,19). The molecule has 0 unspecified atom stereocenters. The van der Waals surface area contributed by atoms with Crippen molar-refractivity contribution in [3.05, 3.63) is 68.4 Å². The molecule has 0 spiro atoms. The molecule has 2 aromatic rings. The molecule has 6 nitrogen and oxygen atoms in total. The Bertz CT molecular complexity index is 709. The van der Waals surface area contributed by atoms with Gasteiger partial charge in [0.25, 0.3) is 5.69 Å². The lowest BCUT2D eigenvalue weighted by Gasteiger charge is -1.96. The van der Waals surface area contributed by atoms with E-state index in [1.54, 1.807) is 24.3 Å². The molecule has 1 heterocycles. The summed E-state index contributed by atoms with van der Waals surface area (Å²) in [6.45, 7) is 0. The van der Waals surface area contributed by atoms with Gasteiger partial charge in [-0.15, -0.1) is 11.3 Å². The van der Waals surface area contributed by atoms with E-state index in [0.717, 1.165) is 4.88 Å². The van der Waals surface area contributed by atoms with E-state index < -0.39 is 4.92 Å². The van der Waals surface area contributed by atoms with Gasteiger partial charge in [0.1, 0.15) is 0 Å². The zero-order valence-corrected chi connectivity index (χ0v) is 12.3. The minimum atomic E-state index is -0.445. The highest BCUT2D eigenvalue weighted by molar-refractivity contribution is 7.10. The lowest BCUT2D eigenvalue weighted by Crippen LogP contribution is -2.18. The number of para-hydroxylation sites is 1. The number of amides is 1. The van der Waals surface area contributed by atoms with Crippen molar-refractivity contribution in [1.82, 2.24) is 5.43 Å². The van der Waals surface area contributed by atoms with Crippen LogP contribution in [0.25, 0.3) is 6.08 Å². The fourth-order valence-corrected chi connectivity index (χ4v) is 2.41. The van der Waals surface area contributed by atoms with Gasteiger partial charge >= 0.3 is 0 Å². The van der Waals surface area contributed by atoms with Crippen LogP contribution in [0.2, 0.25) is 0 Å². The molecule has 0 aliphatic heterocycles. The third kappa shape index (κ3) is 4.64. The van der Waals surface area contributed by atoms with Crippen molar-refractivity contribution >= 4 is 35.2 Å². The second-order valence-electron chi connectivity index (χ2n) is 4.24. The van der Waals surface area contributed by atoms with E-state index in [-0.39, 0.29) is 18.0 Å². The number of rotatable bonds is 6. The van der Waals surface area contributed by atoms with E-state index in [9.17, 15) is 14.9 Å². The molecular weight excluding hydrogens is 302 g/mol. The fourth-order valence-electron chi connectivity index (χ4n) is 1.70. The molecule has 1 aromatic carbocycles. The first-order valence-corrected chi connectivity index (χ1v) is 7.29. The number of nitrogens with zero attached hydrogens (tertiary/aromatic N) is 2. The van der Waals surface area contributed by atoms with Crippen LogP contribution in [-0.2, 0) is 11.2 Å². The molecule has 112 valence electrons. The van der Waals surface area contributed by atoms with Crippen LogP contribution < -0.4 is 5.43 Å². The van der Waals surface area contributed by atoms with Crippen LogP contribution in [0, 0.1) is 10.1 Å². The molecule has 0 radical (unpaired) electrons. The van der Waals surface area contributed by atoms with Crippen LogP contribution in [0.15, 0.2) is 53.0 Å². The Morgan fingerprint density at radius 2 is 2.14 bits per heavy atom. The zero-order valence-electron chi connectivity index (χ0n) is 11.5. The van der Waals surface area contributed by atoms with E-state index >= 15 is 0 Å². The highest BCUT2D eigenvalue weighted by atomic mass is 32.1. The van der Waals surface area contributed by atoms with Crippen LogP contribution >= 0.6 is 11.3 Å². The highest BCUT2D eigenvalue weighted by Crippen LogP contribution is 2.18. The molecule has 1 amide bonds. The zero-order chi connectivity index (χ0) is 15.8. The van der Waals surface area contributed by atoms with Gasteiger partial charge in [-0.2, -0.15) is 5.10 Å². The van der Waals surface area contributed by atoms with Crippen molar-refractivity contribution in [2.45, 2.75) is 6.42 Å². The van der Waals surface area contributed by atoms with Gasteiger partial charge in [0, 0.05) is 17.2 Å². The Morgan fingerprint density at radius 1 is 1.32 bits per heavy atom. The summed E-state index contributed by atoms with van der Waals surface area (Å²) < 4.78 is 0. The average Bonchev–Trinajstić information content (AvgIpc) is 3.00. The van der Waals surface area contributed by atoms with Gasteiger partial charge in [0.15, 0.2) is 0 Å². The summed E-state index contributed by atoms with van der Waals surface area (Å²) in [5.74, 6) is -0.210. The molecule has 0 aliphatic carbocycles. The topological polar surface area (TPSA) is 84.6 Å². The normalized spacial score (nSPS) is 11.1. The molecule has 2 rings (SSSR count). The van der Waals surface area contributed by atoms with E-state index in [0.29, 0.717) is 5.56 Å².